The molecule has 1 aromatic heterocycles. The summed E-state index contributed by atoms with van der Waals surface area (Å²) >= 11 is 0. The van der Waals surface area contributed by atoms with E-state index in [1.54, 1.807) is 10.6 Å². The van der Waals surface area contributed by atoms with Gasteiger partial charge >= 0.3 is 0 Å². The second kappa shape index (κ2) is 12.1. The minimum Gasteiger partial charge on any atom is -0.508 e. The van der Waals surface area contributed by atoms with Crippen LogP contribution in [0.1, 0.15) is 35.9 Å². The van der Waals surface area contributed by atoms with E-state index in [4.69, 9.17) is 0 Å². The first kappa shape index (κ1) is 27.9. The number of carbonyl (C=O) groups excluding carboxylic acids is 1. The normalized spacial score (nSPS) is 11.5. The Morgan fingerprint density at radius 3 is 2.16 bits per heavy atom. The SMILES string of the molecule is CC(C)c1cc(-c2nnc(C(=O)NCCN(C)C)n2-c2ccc(N(C)CCN(C)C)cc2)c(O)cc1O. The molecule has 3 aromatic rings. The molecule has 0 spiro atoms. The van der Waals surface area contributed by atoms with Crippen molar-refractivity contribution in [3.63, 3.8) is 0 Å². The molecule has 1 amide bonds. The molecule has 37 heavy (non-hydrogen) atoms. The van der Waals surface area contributed by atoms with Crippen molar-refractivity contribution in [1.82, 2.24) is 29.9 Å². The van der Waals surface area contributed by atoms with E-state index in [9.17, 15) is 15.0 Å². The molecular weight excluding hydrogens is 470 g/mol. The Hall–Kier alpha value is -3.63. The Balaban J connectivity index is 2.07. The van der Waals surface area contributed by atoms with Crippen LogP contribution in [-0.4, -0.2) is 102 Å². The number of hydrogen-bond donors (Lipinski definition) is 3. The van der Waals surface area contributed by atoms with Gasteiger partial charge < -0.3 is 30.2 Å². The van der Waals surface area contributed by atoms with Crippen molar-refractivity contribution < 1.29 is 15.0 Å². The van der Waals surface area contributed by atoms with Crippen molar-refractivity contribution in [3.8, 4) is 28.6 Å². The molecule has 0 aliphatic heterocycles. The van der Waals surface area contributed by atoms with Crippen LogP contribution in [0.2, 0.25) is 0 Å². The van der Waals surface area contributed by atoms with Crippen LogP contribution in [0.5, 0.6) is 11.5 Å². The van der Waals surface area contributed by atoms with Gasteiger partial charge in [-0.1, -0.05) is 13.8 Å². The molecule has 2 aromatic carbocycles. The molecule has 0 radical (unpaired) electrons. The highest BCUT2D eigenvalue weighted by Crippen LogP contribution is 2.38. The first-order chi connectivity index (χ1) is 17.5. The van der Waals surface area contributed by atoms with E-state index in [0.717, 1.165) is 18.8 Å². The Morgan fingerprint density at radius 2 is 1.57 bits per heavy atom. The lowest BCUT2D eigenvalue weighted by Crippen LogP contribution is -2.33. The van der Waals surface area contributed by atoms with E-state index in [-0.39, 0.29) is 29.1 Å². The number of phenolic OH excluding ortho intramolecular Hbond substituents is 2. The first-order valence-corrected chi connectivity index (χ1v) is 12.4. The molecular formula is C27H39N7O3. The number of aromatic nitrogens is 3. The lowest BCUT2D eigenvalue weighted by atomic mass is 9.98. The zero-order chi connectivity index (χ0) is 27.3. The average Bonchev–Trinajstić information content (AvgIpc) is 3.27. The van der Waals surface area contributed by atoms with Gasteiger partial charge in [-0.3, -0.25) is 9.36 Å². The van der Waals surface area contributed by atoms with Crippen LogP contribution in [0.15, 0.2) is 36.4 Å². The van der Waals surface area contributed by atoms with Crippen LogP contribution in [-0.2, 0) is 0 Å². The van der Waals surface area contributed by atoms with Crippen molar-refractivity contribution in [2.45, 2.75) is 19.8 Å². The van der Waals surface area contributed by atoms with E-state index in [0.29, 0.717) is 35.7 Å². The maximum Gasteiger partial charge on any atom is 0.289 e. The predicted octanol–water partition coefficient (Wildman–Crippen LogP) is 2.76. The lowest BCUT2D eigenvalue weighted by Gasteiger charge is -2.22. The van der Waals surface area contributed by atoms with E-state index in [1.807, 2.05) is 78.3 Å². The standard InChI is InChI=1S/C27H39N7O3/c1-18(2)21-16-22(24(36)17-23(21)35)25-29-30-26(27(37)28-12-13-31(3)4)34(25)20-10-8-19(9-11-20)33(7)15-14-32(5)6/h8-11,16-18,35-36H,12-15H2,1-7H3,(H,28,37). The molecule has 0 aliphatic carbocycles. The van der Waals surface area contributed by atoms with Gasteiger partial charge in [-0.2, -0.15) is 0 Å². The smallest absolute Gasteiger partial charge is 0.289 e. The second-order valence-corrected chi connectivity index (χ2v) is 10.1. The molecule has 1 heterocycles. The summed E-state index contributed by atoms with van der Waals surface area (Å²) in [5.41, 5.74) is 2.76. The fraction of sp³-hybridized carbons (Fsp3) is 0.444. The Morgan fingerprint density at radius 1 is 0.919 bits per heavy atom. The minimum absolute atomic E-state index is 0.00841. The van der Waals surface area contributed by atoms with E-state index >= 15 is 0 Å². The summed E-state index contributed by atoms with van der Waals surface area (Å²) in [6, 6.07) is 10.8. The number of likely N-dealkylation sites (N-methyl/N-ethyl adjacent to an activating group) is 3. The summed E-state index contributed by atoms with van der Waals surface area (Å²) in [5.74, 6) is -0.0622. The summed E-state index contributed by atoms with van der Waals surface area (Å²) in [6.07, 6.45) is 0. The summed E-state index contributed by atoms with van der Waals surface area (Å²) < 4.78 is 1.64. The van der Waals surface area contributed by atoms with Crippen LogP contribution >= 0.6 is 0 Å². The van der Waals surface area contributed by atoms with Crippen LogP contribution in [0.3, 0.4) is 0 Å². The van der Waals surface area contributed by atoms with Crippen LogP contribution < -0.4 is 10.2 Å². The molecule has 0 bridgehead atoms. The van der Waals surface area contributed by atoms with Gasteiger partial charge in [0.15, 0.2) is 5.82 Å². The third-order valence-electron chi connectivity index (χ3n) is 6.15. The van der Waals surface area contributed by atoms with Crippen LogP contribution in [0.25, 0.3) is 17.1 Å². The highest BCUT2D eigenvalue weighted by atomic mass is 16.3. The molecule has 3 rings (SSSR count). The summed E-state index contributed by atoms with van der Waals surface area (Å²) in [4.78, 5) is 19.4. The summed E-state index contributed by atoms with van der Waals surface area (Å²) in [6.45, 7) is 6.82. The Kier molecular flexibility index (Phi) is 9.12. The lowest BCUT2D eigenvalue weighted by molar-refractivity contribution is 0.0938. The quantitative estimate of drug-likeness (QED) is 0.362. The van der Waals surface area contributed by atoms with Crippen molar-refractivity contribution in [2.24, 2.45) is 0 Å². The molecule has 0 fully saturated rings. The van der Waals surface area contributed by atoms with Gasteiger partial charge in [0.2, 0.25) is 5.82 Å². The highest BCUT2D eigenvalue weighted by molar-refractivity contribution is 5.92. The average molecular weight is 510 g/mol. The second-order valence-electron chi connectivity index (χ2n) is 10.1. The topological polar surface area (TPSA) is 110 Å². The van der Waals surface area contributed by atoms with Gasteiger partial charge in [-0.15, -0.1) is 10.2 Å². The van der Waals surface area contributed by atoms with E-state index < -0.39 is 0 Å². The number of carbonyl (C=O) groups is 1. The van der Waals surface area contributed by atoms with E-state index in [2.05, 4.69) is 25.3 Å². The molecule has 200 valence electrons. The highest BCUT2D eigenvalue weighted by Gasteiger charge is 2.24. The number of amides is 1. The molecule has 0 saturated carbocycles. The van der Waals surface area contributed by atoms with Gasteiger partial charge in [-0.25, -0.2) is 0 Å². The van der Waals surface area contributed by atoms with Gasteiger partial charge in [0.25, 0.3) is 5.91 Å². The molecule has 0 atom stereocenters. The third kappa shape index (κ3) is 6.78. The predicted molar refractivity (Wildman–Crippen MR) is 147 cm³/mol. The van der Waals surface area contributed by atoms with Crippen LogP contribution in [0.4, 0.5) is 5.69 Å². The zero-order valence-corrected chi connectivity index (χ0v) is 22.9. The van der Waals surface area contributed by atoms with Crippen molar-refractivity contribution in [1.29, 1.82) is 0 Å². The maximum absolute atomic E-state index is 13.1. The molecule has 0 unspecified atom stereocenters. The maximum atomic E-state index is 13.1. The van der Waals surface area contributed by atoms with Gasteiger partial charge in [0.05, 0.1) is 5.56 Å². The fourth-order valence-corrected chi connectivity index (χ4v) is 3.89. The van der Waals surface area contributed by atoms with E-state index in [1.165, 1.54) is 6.07 Å². The van der Waals surface area contributed by atoms with Gasteiger partial charge in [0.1, 0.15) is 11.5 Å². The molecule has 3 N–H and O–H groups in total. The largest absolute Gasteiger partial charge is 0.508 e. The number of benzene rings is 2. The monoisotopic (exact) mass is 509 g/mol. The Labute approximate surface area is 219 Å². The van der Waals surface area contributed by atoms with Crippen molar-refractivity contribution in [3.05, 3.63) is 47.8 Å². The number of anilines is 1. The number of phenols is 2. The summed E-state index contributed by atoms with van der Waals surface area (Å²) in [7, 11) is 9.99. The number of aromatic hydroxyl groups is 2. The Bertz CT molecular complexity index is 1200. The molecule has 10 nitrogen and oxygen atoms in total. The van der Waals surface area contributed by atoms with Gasteiger partial charge in [-0.05, 0) is 70.0 Å². The number of rotatable bonds is 11. The number of nitrogens with zero attached hydrogens (tertiary/aromatic N) is 6. The zero-order valence-electron chi connectivity index (χ0n) is 22.9. The number of hydrogen-bond acceptors (Lipinski definition) is 8. The fourth-order valence-electron chi connectivity index (χ4n) is 3.89. The summed E-state index contributed by atoms with van der Waals surface area (Å²) in [5, 5.41) is 32.5. The molecule has 0 aliphatic rings. The number of nitrogens with one attached hydrogen (secondary N) is 1. The molecule has 10 heteroatoms. The minimum atomic E-state index is -0.366. The molecule has 0 saturated heterocycles. The van der Waals surface area contributed by atoms with Crippen LogP contribution in [0, 0.1) is 0 Å². The van der Waals surface area contributed by atoms with Gasteiger partial charge in [0, 0.05) is 50.7 Å². The van der Waals surface area contributed by atoms with Crippen molar-refractivity contribution >= 4 is 11.6 Å². The third-order valence-corrected chi connectivity index (χ3v) is 6.15. The first-order valence-electron chi connectivity index (χ1n) is 12.4. The van der Waals surface area contributed by atoms with Crippen molar-refractivity contribution in [2.75, 3.05) is 66.3 Å².